The number of sulfonamides is 1. The van der Waals surface area contributed by atoms with Crippen molar-refractivity contribution in [2.24, 2.45) is 0 Å². The number of thiazole rings is 1. The molecular weight excluding hydrogens is 292 g/mol. The molecule has 0 bridgehead atoms. The van der Waals surface area contributed by atoms with E-state index in [2.05, 4.69) is 16.6 Å². The van der Waals surface area contributed by atoms with Gasteiger partial charge in [0.05, 0.1) is 15.6 Å². The summed E-state index contributed by atoms with van der Waals surface area (Å²) in [5.41, 5.74) is 1.11. The third-order valence-electron chi connectivity index (χ3n) is 2.96. The van der Waals surface area contributed by atoms with Crippen LogP contribution in [0.5, 0.6) is 0 Å². The molecule has 108 valence electrons. The van der Waals surface area contributed by atoms with Crippen LogP contribution < -0.4 is 4.72 Å². The number of aromatic nitrogens is 1. The molecular formula is C14H18N2O2S2. The van der Waals surface area contributed by atoms with Gasteiger partial charge in [-0.3, -0.25) is 0 Å². The van der Waals surface area contributed by atoms with Crippen molar-refractivity contribution < 1.29 is 8.42 Å². The van der Waals surface area contributed by atoms with Crippen LogP contribution in [-0.2, 0) is 22.9 Å². The van der Waals surface area contributed by atoms with Gasteiger partial charge in [-0.25, -0.2) is 18.1 Å². The molecule has 0 aliphatic heterocycles. The molecule has 1 aromatic carbocycles. The third-order valence-corrected chi connectivity index (χ3v) is 5.51. The maximum absolute atomic E-state index is 12.0. The molecule has 2 rings (SSSR count). The molecule has 0 unspecified atom stereocenters. The van der Waals surface area contributed by atoms with Crippen molar-refractivity contribution in [2.45, 2.75) is 31.6 Å². The predicted molar refractivity (Wildman–Crippen MR) is 81.6 cm³/mol. The van der Waals surface area contributed by atoms with Gasteiger partial charge >= 0.3 is 0 Å². The van der Waals surface area contributed by atoms with Crippen LogP contribution in [0.1, 0.15) is 22.5 Å². The van der Waals surface area contributed by atoms with Crippen LogP contribution in [0.25, 0.3) is 0 Å². The quantitative estimate of drug-likeness (QED) is 0.892. The smallest absolute Gasteiger partial charge is 0.240 e. The molecule has 1 aromatic heterocycles. The van der Waals surface area contributed by atoms with Gasteiger partial charge in [0.2, 0.25) is 10.0 Å². The molecule has 20 heavy (non-hydrogen) atoms. The van der Waals surface area contributed by atoms with E-state index in [1.54, 1.807) is 41.7 Å². The first-order valence-corrected chi connectivity index (χ1v) is 8.83. The van der Waals surface area contributed by atoms with Crippen LogP contribution in [0.2, 0.25) is 0 Å². The minimum atomic E-state index is -3.41. The summed E-state index contributed by atoms with van der Waals surface area (Å²) < 4.78 is 26.7. The summed E-state index contributed by atoms with van der Waals surface area (Å²) in [6.45, 7) is 4.49. The second-order valence-corrected chi connectivity index (χ2v) is 7.48. The summed E-state index contributed by atoms with van der Waals surface area (Å²) >= 11 is 1.64. The van der Waals surface area contributed by atoms with E-state index in [1.165, 1.54) is 4.88 Å². The van der Waals surface area contributed by atoms with Crippen molar-refractivity contribution >= 4 is 21.4 Å². The summed E-state index contributed by atoms with van der Waals surface area (Å²) in [4.78, 5) is 6.02. The Labute approximate surface area is 123 Å². The van der Waals surface area contributed by atoms with Crippen LogP contribution in [0.4, 0.5) is 0 Å². The molecule has 0 fully saturated rings. The highest BCUT2D eigenvalue weighted by molar-refractivity contribution is 7.89. The molecule has 0 aliphatic carbocycles. The standard InChI is InChI=1S/C14H18N2O2S2/c1-3-13-11(2)19-14(16-13)9-10-15-20(17,18)12-7-5-4-6-8-12/h4-8,15H,3,9-10H2,1-2H3. The van der Waals surface area contributed by atoms with Crippen LogP contribution in [0.3, 0.4) is 0 Å². The number of hydrogen-bond acceptors (Lipinski definition) is 4. The topological polar surface area (TPSA) is 59.1 Å². The molecule has 6 heteroatoms. The van der Waals surface area contributed by atoms with Crippen LogP contribution in [-0.4, -0.2) is 19.9 Å². The molecule has 0 aliphatic rings. The van der Waals surface area contributed by atoms with E-state index in [0.717, 1.165) is 17.1 Å². The van der Waals surface area contributed by atoms with E-state index in [0.29, 0.717) is 17.9 Å². The Bertz CT molecular complexity index is 664. The molecule has 2 aromatic rings. The highest BCUT2D eigenvalue weighted by Gasteiger charge is 2.13. The molecule has 4 nitrogen and oxygen atoms in total. The number of nitrogens with one attached hydrogen (secondary N) is 1. The first kappa shape index (κ1) is 15.2. The van der Waals surface area contributed by atoms with Gasteiger partial charge < -0.3 is 0 Å². The second-order valence-electron chi connectivity index (χ2n) is 4.42. The van der Waals surface area contributed by atoms with Crippen molar-refractivity contribution in [3.8, 4) is 0 Å². The molecule has 0 radical (unpaired) electrons. The number of hydrogen-bond donors (Lipinski definition) is 1. The molecule has 1 heterocycles. The fourth-order valence-electron chi connectivity index (χ4n) is 1.90. The van der Waals surface area contributed by atoms with Gasteiger partial charge in [0, 0.05) is 17.8 Å². The lowest BCUT2D eigenvalue weighted by atomic mass is 10.3. The van der Waals surface area contributed by atoms with Gasteiger partial charge in [-0.05, 0) is 25.5 Å². The number of nitrogens with zero attached hydrogens (tertiary/aromatic N) is 1. The molecule has 0 amide bonds. The monoisotopic (exact) mass is 310 g/mol. The van der Waals surface area contributed by atoms with Crippen molar-refractivity contribution in [3.63, 3.8) is 0 Å². The second kappa shape index (κ2) is 6.47. The maximum atomic E-state index is 12.0. The largest absolute Gasteiger partial charge is 0.246 e. The Balaban J connectivity index is 1.95. The predicted octanol–water partition coefficient (Wildman–Crippen LogP) is 2.53. The summed E-state index contributed by atoms with van der Waals surface area (Å²) in [5, 5.41) is 0.982. The van der Waals surface area contributed by atoms with Crippen molar-refractivity contribution in [1.29, 1.82) is 0 Å². The molecule has 0 atom stereocenters. The maximum Gasteiger partial charge on any atom is 0.240 e. The Hall–Kier alpha value is -1.24. The van der Waals surface area contributed by atoms with Gasteiger partial charge in [0.15, 0.2) is 0 Å². The van der Waals surface area contributed by atoms with E-state index in [1.807, 2.05) is 6.92 Å². The number of rotatable bonds is 6. The number of benzene rings is 1. The van der Waals surface area contributed by atoms with Crippen molar-refractivity contribution in [3.05, 3.63) is 45.9 Å². The summed E-state index contributed by atoms with van der Waals surface area (Å²) in [7, 11) is -3.41. The molecule has 0 spiro atoms. The van der Waals surface area contributed by atoms with E-state index < -0.39 is 10.0 Å². The fourth-order valence-corrected chi connectivity index (χ4v) is 3.97. The van der Waals surface area contributed by atoms with Crippen molar-refractivity contribution in [1.82, 2.24) is 9.71 Å². The van der Waals surface area contributed by atoms with Gasteiger partial charge in [-0.15, -0.1) is 11.3 Å². The third kappa shape index (κ3) is 3.65. The minimum absolute atomic E-state index is 0.296. The molecule has 1 N–H and O–H groups in total. The Morgan fingerprint density at radius 3 is 2.55 bits per heavy atom. The number of aryl methyl sites for hydroxylation is 2. The van der Waals surface area contributed by atoms with E-state index in [4.69, 9.17) is 0 Å². The SMILES string of the molecule is CCc1nc(CCNS(=O)(=O)c2ccccc2)sc1C. The van der Waals surface area contributed by atoms with E-state index in [-0.39, 0.29) is 0 Å². The Kier molecular flexibility index (Phi) is 4.91. The van der Waals surface area contributed by atoms with E-state index >= 15 is 0 Å². The molecule has 0 saturated heterocycles. The van der Waals surface area contributed by atoms with Crippen LogP contribution in [0.15, 0.2) is 35.2 Å². The lowest BCUT2D eigenvalue weighted by Crippen LogP contribution is -2.25. The van der Waals surface area contributed by atoms with Crippen molar-refractivity contribution in [2.75, 3.05) is 6.54 Å². The average Bonchev–Trinajstić information content (AvgIpc) is 2.80. The molecule has 0 saturated carbocycles. The summed E-state index contributed by atoms with van der Waals surface area (Å²) in [6.07, 6.45) is 1.54. The first-order valence-electron chi connectivity index (χ1n) is 6.53. The zero-order valence-corrected chi connectivity index (χ0v) is 13.2. The Morgan fingerprint density at radius 1 is 1.25 bits per heavy atom. The van der Waals surface area contributed by atoms with Gasteiger partial charge in [-0.1, -0.05) is 25.1 Å². The summed E-state index contributed by atoms with van der Waals surface area (Å²) in [5.74, 6) is 0. The van der Waals surface area contributed by atoms with Gasteiger partial charge in [0.25, 0.3) is 0 Å². The van der Waals surface area contributed by atoms with E-state index in [9.17, 15) is 8.42 Å². The zero-order chi connectivity index (χ0) is 14.6. The summed E-state index contributed by atoms with van der Waals surface area (Å²) in [6, 6.07) is 8.40. The average molecular weight is 310 g/mol. The minimum Gasteiger partial charge on any atom is -0.246 e. The highest BCUT2D eigenvalue weighted by atomic mass is 32.2. The zero-order valence-electron chi connectivity index (χ0n) is 11.6. The van der Waals surface area contributed by atoms with Gasteiger partial charge in [-0.2, -0.15) is 0 Å². The van der Waals surface area contributed by atoms with Crippen LogP contribution >= 0.6 is 11.3 Å². The highest BCUT2D eigenvalue weighted by Crippen LogP contribution is 2.18. The fraction of sp³-hybridized carbons (Fsp3) is 0.357. The lowest BCUT2D eigenvalue weighted by Gasteiger charge is -2.05. The van der Waals surface area contributed by atoms with Gasteiger partial charge in [0.1, 0.15) is 0 Å². The van der Waals surface area contributed by atoms with Crippen LogP contribution in [0, 0.1) is 6.92 Å². The Morgan fingerprint density at radius 2 is 1.95 bits per heavy atom. The lowest BCUT2D eigenvalue weighted by molar-refractivity contribution is 0.581. The normalized spacial score (nSPS) is 11.7. The first-order chi connectivity index (χ1) is 9.53.